The highest BCUT2D eigenvalue weighted by Gasteiger charge is 2.20. The fraction of sp³-hybridized carbons (Fsp3) is 0.353. The number of nitrogens with zero attached hydrogens (tertiary/aromatic N) is 2. The van der Waals surface area contributed by atoms with Crippen molar-refractivity contribution in [2.75, 3.05) is 6.61 Å². The first-order valence-corrected chi connectivity index (χ1v) is 7.18. The number of hydrogen-bond acceptors (Lipinski definition) is 4. The fourth-order valence-corrected chi connectivity index (χ4v) is 2.16. The average molecular weight is 284 g/mol. The molecular formula is C17H20N2O2. The van der Waals surface area contributed by atoms with Crippen LogP contribution in [0.1, 0.15) is 41.3 Å². The van der Waals surface area contributed by atoms with E-state index in [1.165, 1.54) is 0 Å². The molecule has 0 spiro atoms. The van der Waals surface area contributed by atoms with Crippen molar-refractivity contribution >= 4 is 5.97 Å². The molecule has 0 aliphatic heterocycles. The number of rotatable bonds is 4. The molecule has 21 heavy (non-hydrogen) atoms. The van der Waals surface area contributed by atoms with Gasteiger partial charge in [-0.25, -0.2) is 14.8 Å². The first-order valence-electron chi connectivity index (χ1n) is 7.18. The van der Waals surface area contributed by atoms with E-state index in [2.05, 4.69) is 9.97 Å². The molecule has 0 unspecified atom stereocenters. The molecule has 0 radical (unpaired) electrons. The first-order chi connectivity index (χ1) is 10.1. The van der Waals surface area contributed by atoms with Gasteiger partial charge in [-0.05, 0) is 20.8 Å². The third-order valence-electron chi connectivity index (χ3n) is 3.26. The van der Waals surface area contributed by atoms with E-state index < -0.39 is 0 Å². The third-order valence-corrected chi connectivity index (χ3v) is 3.26. The molecule has 2 aromatic rings. The van der Waals surface area contributed by atoms with Crippen molar-refractivity contribution in [3.8, 4) is 11.3 Å². The summed E-state index contributed by atoms with van der Waals surface area (Å²) < 4.78 is 5.15. The maximum absolute atomic E-state index is 12.2. The first kappa shape index (κ1) is 15.2. The number of ether oxygens (including phenoxy) is 1. The minimum Gasteiger partial charge on any atom is -0.462 e. The van der Waals surface area contributed by atoms with Crippen LogP contribution in [0.3, 0.4) is 0 Å². The molecule has 0 aliphatic carbocycles. The van der Waals surface area contributed by atoms with Crippen molar-refractivity contribution in [2.24, 2.45) is 0 Å². The van der Waals surface area contributed by atoms with E-state index in [-0.39, 0.29) is 5.97 Å². The van der Waals surface area contributed by atoms with Crippen molar-refractivity contribution in [2.45, 2.75) is 34.1 Å². The van der Waals surface area contributed by atoms with Crippen LogP contribution in [0, 0.1) is 13.8 Å². The van der Waals surface area contributed by atoms with Gasteiger partial charge in [-0.2, -0.15) is 0 Å². The molecule has 1 aromatic carbocycles. The Balaban J connectivity index is 2.62. The van der Waals surface area contributed by atoms with Gasteiger partial charge in [0, 0.05) is 12.0 Å². The molecule has 0 bridgehead atoms. The minimum absolute atomic E-state index is 0.334. The number of carbonyl (C=O) groups excluding carboxylic acids is 1. The Morgan fingerprint density at radius 2 is 1.76 bits per heavy atom. The Labute approximate surface area is 125 Å². The molecule has 0 amide bonds. The monoisotopic (exact) mass is 284 g/mol. The summed E-state index contributed by atoms with van der Waals surface area (Å²) in [6.45, 7) is 7.97. The lowest BCUT2D eigenvalue weighted by molar-refractivity contribution is 0.0525. The zero-order chi connectivity index (χ0) is 15.4. The van der Waals surface area contributed by atoms with Crippen LogP contribution in [0.25, 0.3) is 11.3 Å². The van der Waals surface area contributed by atoms with Gasteiger partial charge in [-0.15, -0.1) is 0 Å². The molecule has 4 heteroatoms. The highest BCUT2D eigenvalue weighted by atomic mass is 16.5. The van der Waals surface area contributed by atoms with Crippen molar-refractivity contribution < 1.29 is 9.53 Å². The molecule has 110 valence electrons. The predicted molar refractivity (Wildman–Crippen MR) is 82.3 cm³/mol. The van der Waals surface area contributed by atoms with E-state index >= 15 is 0 Å². The topological polar surface area (TPSA) is 52.1 Å². The van der Waals surface area contributed by atoms with Crippen LogP contribution < -0.4 is 0 Å². The standard InChI is InChI=1S/C17H20N2O2/c1-5-14-18-12(4)15(17(20)21-6-2)16(19-14)13-9-7-11(3)8-10-13/h7-10H,5-6H2,1-4H3. The normalized spacial score (nSPS) is 10.5. The second-order valence-electron chi connectivity index (χ2n) is 4.89. The van der Waals surface area contributed by atoms with Crippen molar-refractivity contribution in [1.82, 2.24) is 9.97 Å². The Bertz CT molecular complexity index is 649. The lowest BCUT2D eigenvalue weighted by Crippen LogP contribution is -2.13. The summed E-state index contributed by atoms with van der Waals surface area (Å²) in [5.74, 6) is 0.365. The lowest BCUT2D eigenvalue weighted by atomic mass is 10.0. The third kappa shape index (κ3) is 3.27. The van der Waals surface area contributed by atoms with Gasteiger partial charge in [0.15, 0.2) is 0 Å². The Morgan fingerprint density at radius 1 is 1.10 bits per heavy atom. The molecular weight excluding hydrogens is 264 g/mol. The Hall–Kier alpha value is -2.23. The van der Waals surface area contributed by atoms with Crippen LogP contribution in [0.15, 0.2) is 24.3 Å². The van der Waals surface area contributed by atoms with E-state index in [9.17, 15) is 4.79 Å². The van der Waals surface area contributed by atoms with Gasteiger partial charge in [0.25, 0.3) is 0 Å². The van der Waals surface area contributed by atoms with Gasteiger partial charge >= 0.3 is 5.97 Å². The Morgan fingerprint density at radius 3 is 2.33 bits per heavy atom. The molecule has 2 rings (SSSR count). The van der Waals surface area contributed by atoms with Crippen molar-refractivity contribution in [3.05, 3.63) is 46.9 Å². The summed E-state index contributed by atoms with van der Waals surface area (Å²) in [6, 6.07) is 7.96. The van der Waals surface area contributed by atoms with E-state index in [0.717, 1.165) is 23.4 Å². The van der Waals surface area contributed by atoms with Gasteiger partial charge in [-0.1, -0.05) is 36.8 Å². The van der Waals surface area contributed by atoms with E-state index in [4.69, 9.17) is 4.74 Å². The molecule has 0 aliphatic rings. The smallest absolute Gasteiger partial charge is 0.342 e. The van der Waals surface area contributed by atoms with E-state index in [1.54, 1.807) is 6.92 Å². The van der Waals surface area contributed by atoms with E-state index in [0.29, 0.717) is 23.6 Å². The highest BCUT2D eigenvalue weighted by molar-refractivity contribution is 5.97. The van der Waals surface area contributed by atoms with Crippen LogP contribution >= 0.6 is 0 Å². The second kappa shape index (κ2) is 6.48. The van der Waals surface area contributed by atoms with Gasteiger partial charge in [0.1, 0.15) is 11.4 Å². The van der Waals surface area contributed by atoms with Gasteiger partial charge in [0.2, 0.25) is 0 Å². The summed E-state index contributed by atoms with van der Waals surface area (Å²) in [6.07, 6.45) is 0.725. The molecule has 0 saturated carbocycles. The number of benzene rings is 1. The number of carbonyl (C=O) groups is 1. The zero-order valence-electron chi connectivity index (χ0n) is 12.9. The molecule has 1 heterocycles. The Kier molecular flexibility index (Phi) is 4.68. The molecule has 0 fully saturated rings. The average Bonchev–Trinajstić information content (AvgIpc) is 2.47. The summed E-state index contributed by atoms with van der Waals surface area (Å²) in [4.78, 5) is 21.2. The van der Waals surface area contributed by atoms with Gasteiger partial charge < -0.3 is 4.74 Å². The van der Waals surface area contributed by atoms with Gasteiger partial charge in [0.05, 0.1) is 18.0 Å². The second-order valence-corrected chi connectivity index (χ2v) is 4.89. The molecule has 1 aromatic heterocycles. The summed E-state index contributed by atoms with van der Waals surface area (Å²) in [5, 5.41) is 0. The molecule has 0 saturated heterocycles. The number of aromatic nitrogens is 2. The maximum Gasteiger partial charge on any atom is 0.342 e. The minimum atomic E-state index is -0.367. The highest BCUT2D eigenvalue weighted by Crippen LogP contribution is 2.25. The zero-order valence-corrected chi connectivity index (χ0v) is 12.9. The van der Waals surface area contributed by atoms with Crippen LogP contribution in [0.2, 0.25) is 0 Å². The maximum atomic E-state index is 12.2. The fourth-order valence-electron chi connectivity index (χ4n) is 2.16. The summed E-state index contributed by atoms with van der Waals surface area (Å²) in [7, 11) is 0. The lowest BCUT2D eigenvalue weighted by Gasteiger charge is -2.12. The van der Waals surface area contributed by atoms with Crippen molar-refractivity contribution in [3.63, 3.8) is 0 Å². The number of esters is 1. The van der Waals surface area contributed by atoms with E-state index in [1.807, 2.05) is 45.0 Å². The summed E-state index contributed by atoms with van der Waals surface area (Å²) in [5.41, 5.74) is 3.84. The van der Waals surface area contributed by atoms with Crippen LogP contribution in [-0.2, 0) is 11.2 Å². The van der Waals surface area contributed by atoms with Crippen LogP contribution in [-0.4, -0.2) is 22.5 Å². The SMILES string of the molecule is CCOC(=O)c1c(C)nc(CC)nc1-c1ccc(C)cc1. The predicted octanol–water partition coefficient (Wildman–Crippen LogP) is 3.50. The van der Waals surface area contributed by atoms with Crippen molar-refractivity contribution in [1.29, 1.82) is 0 Å². The van der Waals surface area contributed by atoms with Crippen LogP contribution in [0.5, 0.6) is 0 Å². The number of aryl methyl sites for hydroxylation is 3. The molecule has 0 atom stereocenters. The number of hydrogen-bond donors (Lipinski definition) is 0. The summed E-state index contributed by atoms with van der Waals surface area (Å²) >= 11 is 0. The van der Waals surface area contributed by atoms with Crippen LogP contribution in [0.4, 0.5) is 0 Å². The quantitative estimate of drug-likeness (QED) is 0.806. The molecule has 0 N–H and O–H groups in total. The van der Waals surface area contributed by atoms with Gasteiger partial charge in [-0.3, -0.25) is 0 Å². The molecule has 4 nitrogen and oxygen atoms in total. The largest absolute Gasteiger partial charge is 0.462 e.